The highest BCUT2D eigenvalue weighted by atomic mass is 19.1. The first kappa shape index (κ1) is 18.4. The van der Waals surface area contributed by atoms with E-state index in [1.54, 1.807) is 16.8 Å². The van der Waals surface area contributed by atoms with Crippen molar-refractivity contribution in [1.82, 2.24) is 25.0 Å². The minimum atomic E-state index is -0.546. The fraction of sp³-hybridized carbons (Fsp3) is 0.200. The Hall–Kier alpha value is -3.66. The highest BCUT2D eigenvalue weighted by molar-refractivity contribution is 5.97. The minimum absolute atomic E-state index is 0.190. The molecule has 0 amide bonds. The van der Waals surface area contributed by atoms with Gasteiger partial charge < -0.3 is 11.1 Å². The second-order valence-electron chi connectivity index (χ2n) is 7.10. The van der Waals surface area contributed by atoms with Crippen LogP contribution in [-0.2, 0) is 6.54 Å². The van der Waals surface area contributed by atoms with Gasteiger partial charge in [0.25, 0.3) is 5.56 Å². The summed E-state index contributed by atoms with van der Waals surface area (Å²) in [5.41, 5.74) is 6.95. The van der Waals surface area contributed by atoms with E-state index in [0.717, 1.165) is 5.56 Å². The van der Waals surface area contributed by atoms with Gasteiger partial charge in [0.15, 0.2) is 0 Å². The van der Waals surface area contributed by atoms with E-state index in [1.165, 1.54) is 30.6 Å². The largest absolute Gasteiger partial charge is 0.376 e. The molecule has 152 valence electrons. The molecule has 1 aliphatic heterocycles. The number of nitrogens with zero attached hydrogens (tertiary/aromatic N) is 4. The Morgan fingerprint density at radius 3 is 2.70 bits per heavy atom. The number of H-pyrrole nitrogens is 1. The van der Waals surface area contributed by atoms with Crippen molar-refractivity contribution in [3.63, 3.8) is 0 Å². The van der Waals surface area contributed by atoms with Gasteiger partial charge in [-0.15, -0.1) is 0 Å². The summed E-state index contributed by atoms with van der Waals surface area (Å²) in [7, 11) is 0. The number of aromatic nitrogens is 5. The molecule has 4 aromatic rings. The zero-order valence-electron chi connectivity index (χ0n) is 15.6. The molecule has 0 aliphatic carbocycles. The lowest BCUT2D eigenvalue weighted by Gasteiger charge is -2.34. The van der Waals surface area contributed by atoms with Crippen LogP contribution >= 0.6 is 0 Å². The third-order valence-electron chi connectivity index (χ3n) is 5.31. The fourth-order valence-electron chi connectivity index (χ4n) is 4.06. The van der Waals surface area contributed by atoms with E-state index in [4.69, 9.17) is 5.73 Å². The molecule has 2 aromatic heterocycles. The van der Waals surface area contributed by atoms with Gasteiger partial charge in [0.05, 0.1) is 29.6 Å². The molecule has 0 radical (unpaired) electrons. The molecule has 0 saturated heterocycles. The number of nitrogens with two attached hydrogens (primary N) is 1. The lowest BCUT2D eigenvalue weighted by molar-refractivity contribution is 0.523. The van der Waals surface area contributed by atoms with Gasteiger partial charge in [-0.05, 0) is 29.8 Å². The zero-order valence-corrected chi connectivity index (χ0v) is 15.6. The van der Waals surface area contributed by atoms with Crippen LogP contribution < -0.4 is 16.6 Å². The van der Waals surface area contributed by atoms with Gasteiger partial charge in [-0.25, -0.2) is 23.5 Å². The summed E-state index contributed by atoms with van der Waals surface area (Å²) in [5.74, 6) is -0.816. The molecule has 2 aromatic carbocycles. The summed E-state index contributed by atoms with van der Waals surface area (Å²) in [6.45, 7) is 0.790. The Morgan fingerprint density at radius 1 is 1.13 bits per heavy atom. The van der Waals surface area contributed by atoms with Crippen LogP contribution in [0.5, 0.6) is 0 Å². The van der Waals surface area contributed by atoms with Crippen molar-refractivity contribution < 1.29 is 8.78 Å². The molecule has 5 rings (SSSR count). The number of hydrogen-bond acceptors (Lipinski definition) is 6. The van der Waals surface area contributed by atoms with Crippen molar-refractivity contribution in [3.8, 4) is 0 Å². The topological polar surface area (TPSA) is 115 Å². The summed E-state index contributed by atoms with van der Waals surface area (Å²) in [6, 6.07) is 8.07. The van der Waals surface area contributed by atoms with E-state index in [9.17, 15) is 13.6 Å². The molecule has 8 nitrogen and oxygen atoms in total. The maximum absolute atomic E-state index is 14.2. The number of aromatic amines is 1. The van der Waals surface area contributed by atoms with Crippen molar-refractivity contribution in [1.29, 1.82) is 0 Å². The van der Waals surface area contributed by atoms with Crippen LogP contribution in [0.3, 0.4) is 0 Å². The van der Waals surface area contributed by atoms with Crippen LogP contribution in [0, 0.1) is 11.6 Å². The first-order chi connectivity index (χ1) is 14.6. The smallest absolute Gasteiger partial charge is 0.272 e. The molecular weight excluding hydrogens is 392 g/mol. The summed E-state index contributed by atoms with van der Waals surface area (Å²) in [5, 5.41) is 15.0. The van der Waals surface area contributed by atoms with E-state index in [0.29, 0.717) is 35.7 Å². The SMILES string of the molecule is NCCn1ncnc1C1c2n[nH]c(=O)c3cc(F)cc(c23)NC1c1ccc(F)cc1. The lowest BCUT2D eigenvalue weighted by Crippen LogP contribution is -2.30. The molecule has 0 saturated carbocycles. The molecule has 0 spiro atoms. The third-order valence-corrected chi connectivity index (χ3v) is 5.31. The maximum Gasteiger partial charge on any atom is 0.272 e. The van der Waals surface area contributed by atoms with E-state index >= 15 is 0 Å². The highest BCUT2D eigenvalue weighted by Gasteiger charge is 2.38. The van der Waals surface area contributed by atoms with Crippen molar-refractivity contribution >= 4 is 16.5 Å². The van der Waals surface area contributed by atoms with Crippen molar-refractivity contribution in [3.05, 3.63) is 81.8 Å². The van der Waals surface area contributed by atoms with Gasteiger partial charge >= 0.3 is 0 Å². The maximum atomic E-state index is 14.2. The number of halogens is 2. The number of nitrogens with one attached hydrogen (secondary N) is 2. The van der Waals surface area contributed by atoms with E-state index < -0.39 is 23.3 Å². The van der Waals surface area contributed by atoms with Gasteiger partial charge in [0, 0.05) is 17.6 Å². The molecular formula is C20H17F2N7O. The molecule has 1 aliphatic rings. The Balaban J connectivity index is 1.80. The van der Waals surface area contributed by atoms with Gasteiger partial charge in [0.2, 0.25) is 0 Å². The fourth-order valence-corrected chi connectivity index (χ4v) is 4.06. The molecule has 2 atom stereocenters. The standard InChI is InChI=1S/C20H17F2N7O/c21-11-3-1-10(2-4-11)17-16(19-24-9-25-29(19)6-5-23)18-15-13(20(30)28-27-18)7-12(22)8-14(15)26-17/h1-4,7-9,16-17,26H,5-6,23H2,(H,28,30). The van der Waals surface area contributed by atoms with Crippen LogP contribution in [0.2, 0.25) is 0 Å². The summed E-state index contributed by atoms with van der Waals surface area (Å²) in [4.78, 5) is 16.8. The zero-order chi connectivity index (χ0) is 20.8. The molecule has 0 bridgehead atoms. The van der Waals surface area contributed by atoms with Crippen LogP contribution in [0.1, 0.15) is 29.0 Å². The summed E-state index contributed by atoms with van der Waals surface area (Å²) < 4.78 is 29.5. The second-order valence-corrected chi connectivity index (χ2v) is 7.10. The van der Waals surface area contributed by atoms with Crippen LogP contribution in [0.15, 0.2) is 47.5 Å². The van der Waals surface area contributed by atoms with E-state index in [2.05, 4.69) is 25.6 Å². The Bertz CT molecular complexity index is 1300. The predicted molar refractivity (Wildman–Crippen MR) is 106 cm³/mol. The number of rotatable bonds is 4. The van der Waals surface area contributed by atoms with Crippen LogP contribution in [0.4, 0.5) is 14.5 Å². The molecule has 4 N–H and O–H groups in total. The average Bonchev–Trinajstić information content (AvgIpc) is 3.18. The van der Waals surface area contributed by atoms with Crippen LogP contribution in [-0.4, -0.2) is 31.5 Å². The normalized spacial score (nSPS) is 17.8. The predicted octanol–water partition coefficient (Wildman–Crippen LogP) is 2.05. The lowest BCUT2D eigenvalue weighted by atomic mass is 9.83. The average molecular weight is 409 g/mol. The first-order valence-corrected chi connectivity index (χ1v) is 9.38. The van der Waals surface area contributed by atoms with Gasteiger partial charge in [-0.2, -0.15) is 10.2 Å². The minimum Gasteiger partial charge on any atom is -0.376 e. The first-order valence-electron chi connectivity index (χ1n) is 9.38. The summed E-state index contributed by atoms with van der Waals surface area (Å²) in [6.07, 6.45) is 1.43. The van der Waals surface area contributed by atoms with Gasteiger partial charge in [-0.1, -0.05) is 12.1 Å². The Labute approximate surface area is 168 Å². The monoisotopic (exact) mass is 409 g/mol. The molecule has 0 fully saturated rings. The van der Waals surface area contributed by atoms with Crippen molar-refractivity contribution in [2.75, 3.05) is 11.9 Å². The van der Waals surface area contributed by atoms with Crippen molar-refractivity contribution in [2.45, 2.75) is 18.5 Å². The second kappa shape index (κ2) is 6.99. The molecule has 3 heterocycles. The molecule has 10 heteroatoms. The quantitative estimate of drug-likeness (QED) is 0.475. The van der Waals surface area contributed by atoms with E-state index in [1.807, 2.05) is 0 Å². The molecule has 30 heavy (non-hydrogen) atoms. The number of benzene rings is 2. The Kier molecular flexibility index (Phi) is 4.28. The molecule has 2 unspecified atom stereocenters. The third kappa shape index (κ3) is 2.84. The van der Waals surface area contributed by atoms with Gasteiger partial charge in [-0.3, -0.25) is 4.79 Å². The van der Waals surface area contributed by atoms with E-state index in [-0.39, 0.29) is 11.2 Å². The Morgan fingerprint density at radius 2 is 1.93 bits per heavy atom. The number of hydrogen-bond donors (Lipinski definition) is 3. The van der Waals surface area contributed by atoms with Crippen molar-refractivity contribution in [2.24, 2.45) is 5.73 Å². The number of anilines is 1. The van der Waals surface area contributed by atoms with Gasteiger partial charge in [0.1, 0.15) is 23.8 Å². The highest BCUT2D eigenvalue weighted by Crippen LogP contribution is 2.45. The summed E-state index contributed by atoms with van der Waals surface area (Å²) >= 11 is 0. The van der Waals surface area contributed by atoms with Crippen LogP contribution in [0.25, 0.3) is 10.8 Å².